The van der Waals surface area contributed by atoms with Gasteiger partial charge < -0.3 is 8.80 Å². The van der Waals surface area contributed by atoms with E-state index in [1.807, 2.05) is 0 Å². The number of benzene rings is 5. The SMILES string of the molecule is [C-]#[N+]c1cc2c(c3c1C1(CCCC1)CC3)c1cc(C34CC5CC(CC(C5)C3)C4)cc3c4c(CC(C)(C)C)c5c(c(CC(C)(C)C)c4n2c13)c1cc(C23CC4CC(CC(C4)C2)C3)cc2c3c4c(c(C#N)cc3n5c21)C1(CCCC1)CC4. The molecular weight excluding hydrogens is 969 g/mol. The minimum atomic E-state index is -0.00807. The molecule has 0 aliphatic heterocycles. The summed E-state index contributed by atoms with van der Waals surface area (Å²) in [6, 6.07) is 19.1. The molecule has 0 amide bonds. The highest BCUT2D eigenvalue weighted by Crippen LogP contribution is 2.66. The van der Waals surface area contributed by atoms with Crippen molar-refractivity contribution < 1.29 is 0 Å². The molecule has 9 aromatic rings. The highest BCUT2D eigenvalue weighted by molar-refractivity contribution is 6.32. The lowest BCUT2D eigenvalue weighted by atomic mass is 9.48. The maximum absolute atomic E-state index is 11.5. The zero-order valence-corrected chi connectivity index (χ0v) is 49.1. The van der Waals surface area contributed by atoms with Crippen molar-refractivity contribution in [1.29, 1.82) is 5.26 Å². The Kier molecular flexibility index (Phi) is 8.89. The number of nitriles is 1. The summed E-state index contributed by atoms with van der Waals surface area (Å²) < 4.78 is 5.68. The summed E-state index contributed by atoms with van der Waals surface area (Å²) in [6.07, 6.45) is 33.4. The van der Waals surface area contributed by atoms with Crippen LogP contribution in [-0.4, -0.2) is 8.80 Å². The summed E-state index contributed by atoms with van der Waals surface area (Å²) >= 11 is 0. The Balaban J connectivity index is 1.04. The topological polar surface area (TPSA) is 37.0 Å². The van der Waals surface area contributed by atoms with Crippen LogP contribution in [0, 0.1) is 64.2 Å². The van der Waals surface area contributed by atoms with Gasteiger partial charge in [-0.2, -0.15) is 5.26 Å². The molecule has 12 aliphatic carbocycles. The van der Waals surface area contributed by atoms with E-state index in [-0.39, 0.29) is 32.5 Å². The molecule has 4 aromatic heterocycles. The third-order valence-electron chi connectivity index (χ3n) is 26.0. The Morgan fingerprint density at radius 1 is 0.487 bits per heavy atom. The molecule has 12 aliphatic rings. The molecule has 0 saturated heterocycles. The lowest BCUT2D eigenvalue weighted by Crippen LogP contribution is -2.48. The first-order chi connectivity index (χ1) is 38.5. The number of nitrogens with zero attached hydrogens (tertiary/aromatic N) is 4. The quantitative estimate of drug-likeness (QED) is 0.162. The van der Waals surface area contributed by atoms with E-state index >= 15 is 0 Å². The van der Waals surface area contributed by atoms with Gasteiger partial charge in [-0.05, 0) is 290 Å². The van der Waals surface area contributed by atoms with Crippen molar-refractivity contribution >= 4 is 81.9 Å². The molecule has 0 radical (unpaired) electrons. The molecule has 4 heterocycles. The van der Waals surface area contributed by atoms with Crippen LogP contribution < -0.4 is 0 Å². The van der Waals surface area contributed by atoms with Gasteiger partial charge in [-0.1, -0.05) is 67.2 Å². The molecule has 2 spiro atoms. The van der Waals surface area contributed by atoms with Crippen LogP contribution in [0.2, 0.25) is 0 Å². The van der Waals surface area contributed by atoms with Gasteiger partial charge in [0.2, 0.25) is 0 Å². The zero-order valence-electron chi connectivity index (χ0n) is 49.1. The minimum absolute atomic E-state index is 0.00750. The maximum atomic E-state index is 11.5. The largest absolute Gasteiger partial charge is 0.309 e. The summed E-state index contributed by atoms with van der Waals surface area (Å²) in [6.45, 7) is 24.1. The van der Waals surface area contributed by atoms with Crippen LogP contribution in [-0.2, 0) is 47.3 Å². The average Bonchev–Trinajstić information content (AvgIpc) is 3.74. The molecule has 10 saturated carbocycles. The van der Waals surface area contributed by atoms with Crippen LogP contribution in [0.15, 0.2) is 36.4 Å². The van der Waals surface area contributed by atoms with Crippen LogP contribution in [0.25, 0.3) is 81.0 Å². The van der Waals surface area contributed by atoms with Gasteiger partial charge in [0.25, 0.3) is 0 Å². The normalized spacial score (nSPS) is 30.8. The fourth-order valence-electron chi connectivity index (χ4n) is 24.4. The number of aromatic nitrogens is 2. The fourth-order valence-corrected chi connectivity index (χ4v) is 24.4. The van der Waals surface area contributed by atoms with E-state index in [1.165, 1.54) is 251 Å². The van der Waals surface area contributed by atoms with Crippen molar-refractivity contribution in [2.45, 2.75) is 230 Å². The first kappa shape index (κ1) is 47.2. The van der Waals surface area contributed by atoms with Crippen LogP contribution >= 0.6 is 0 Å². The van der Waals surface area contributed by atoms with Gasteiger partial charge in [0.1, 0.15) is 0 Å². The second-order valence-electron chi connectivity index (χ2n) is 33.3. The third-order valence-corrected chi connectivity index (χ3v) is 26.0. The Morgan fingerprint density at radius 2 is 0.863 bits per heavy atom. The number of hydrogen-bond donors (Lipinski definition) is 0. The summed E-state index contributed by atoms with van der Waals surface area (Å²) in [4.78, 5) is 4.61. The molecule has 5 aromatic carbocycles. The van der Waals surface area contributed by atoms with Gasteiger partial charge >= 0.3 is 0 Å². The minimum Gasteiger partial charge on any atom is -0.309 e. The molecule has 21 rings (SSSR count). The first-order valence-electron chi connectivity index (χ1n) is 32.9. The van der Waals surface area contributed by atoms with Crippen molar-refractivity contribution in [3.63, 3.8) is 0 Å². The molecule has 0 atom stereocenters. The Morgan fingerprint density at radius 3 is 1.25 bits per heavy atom. The summed E-state index contributed by atoms with van der Waals surface area (Å²) in [7, 11) is 0. The van der Waals surface area contributed by atoms with Gasteiger partial charge in [0, 0.05) is 48.6 Å². The van der Waals surface area contributed by atoms with E-state index in [2.05, 4.69) is 97.7 Å². The van der Waals surface area contributed by atoms with E-state index in [0.717, 1.165) is 72.4 Å². The lowest BCUT2D eigenvalue weighted by Gasteiger charge is -2.57. The Hall–Kier alpha value is -5.32. The number of aryl methyl sites for hydroxylation is 2. The van der Waals surface area contributed by atoms with Gasteiger partial charge in [0.15, 0.2) is 5.69 Å². The highest BCUT2D eigenvalue weighted by atomic mass is 15.0. The maximum Gasteiger partial charge on any atom is 0.193 e. The van der Waals surface area contributed by atoms with Crippen molar-refractivity contribution in [3.05, 3.63) is 97.9 Å². The van der Waals surface area contributed by atoms with E-state index in [1.54, 1.807) is 11.1 Å². The Labute approximate surface area is 473 Å². The number of rotatable bonds is 4. The fraction of sp³-hybridized carbons (Fsp3) is 0.579. The van der Waals surface area contributed by atoms with Crippen molar-refractivity contribution in [2.75, 3.05) is 0 Å². The predicted molar refractivity (Wildman–Crippen MR) is 330 cm³/mol. The van der Waals surface area contributed by atoms with Crippen molar-refractivity contribution in [3.8, 4) is 6.07 Å². The molecular formula is C76H82N4. The third kappa shape index (κ3) is 5.85. The molecule has 4 heteroatoms. The monoisotopic (exact) mass is 1050 g/mol. The molecule has 0 N–H and O–H groups in total. The molecule has 10 fully saturated rings. The number of hydrogen-bond acceptors (Lipinski definition) is 1. The molecule has 80 heavy (non-hydrogen) atoms. The standard InChI is InChI=1S/C76H82N4/c1-71(2,3)38-56-64-55-30-49(76-35-44-23-45(36-76)25-46(24-44)37-76)28-53-62-51-13-19-74(16-10-11-17-74)66(51)58(78-7)31-60(62)80(68(53)55)70(64)57(39-72(4,5)6)63-54-29-48(75-32-41-20-42(33-75)22-43(21-41)34-75)27-52-61-50-12-18-73(14-8-9-15-73)65(50)47(40-77)26-59(61)79(67(52)54)69(56)63/h26-31,41-46H,8-25,32-39H2,1-6H3. The van der Waals surface area contributed by atoms with Crippen LogP contribution in [0.4, 0.5) is 5.69 Å². The van der Waals surface area contributed by atoms with Crippen LogP contribution in [0.5, 0.6) is 0 Å². The average molecular weight is 1050 g/mol. The van der Waals surface area contributed by atoms with Crippen LogP contribution in [0.1, 0.15) is 233 Å². The van der Waals surface area contributed by atoms with Gasteiger partial charge in [-0.15, -0.1) is 0 Å². The molecule has 406 valence electrons. The van der Waals surface area contributed by atoms with Crippen molar-refractivity contribution in [2.24, 2.45) is 46.3 Å². The second kappa shape index (κ2) is 15.1. The van der Waals surface area contributed by atoms with E-state index in [9.17, 15) is 5.26 Å². The van der Waals surface area contributed by atoms with E-state index in [0.29, 0.717) is 0 Å². The molecule has 8 bridgehead atoms. The van der Waals surface area contributed by atoms with Gasteiger partial charge in [-0.3, -0.25) is 0 Å². The summed E-state index contributed by atoms with van der Waals surface area (Å²) in [5, 5.41) is 23.5. The van der Waals surface area contributed by atoms with E-state index < -0.39 is 0 Å². The van der Waals surface area contributed by atoms with Gasteiger partial charge in [0.05, 0.1) is 45.8 Å². The predicted octanol–water partition coefficient (Wildman–Crippen LogP) is 20.0. The van der Waals surface area contributed by atoms with Crippen LogP contribution in [0.3, 0.4) is 0 Å². The zero-order chi connectivity index (χ0) is 53.5. The summed E-state index contributed by atoms with van der Waals surface area (Å²) in [5.41, 5.74) is 23.4. The first-order valence-corrected chi connectivity index (χ1v) is 32.9. The second-order valence-corrected chi connectivity index (χ2v) is 33.3. The van der Waals surface area contributed by atoms with Gasteiger partial charge in [-0.25, -0.2) is 4.85 Å². The smallest absolute Gasteiger partial charge is 0.193 e. The molecule has 4 nitrogen and oxygen atoms in total. The van der Waals surface area contributed by atoms with E-state index in [4.69, 9.17) is 6.57 Å². The number of fused-ring (bicyclic) bond motifs is 18. The van der Waals surface area contributed by atoms with Crippen molar-refractivity contribution in [1.82, 2.24) is 8.80 Å². The Bertz CT molecular complexity index is 4020. The molecule has 0 unspecified atom stereocenters. The lowest BCUT2D eigenvalue weighted by molar-refractivity contribution is -0.00520. The summed E-state index contributed by atoms with van der Waals surface area (Å²) in [5.74, 6) is 5.16. The highest BCUT2D eigenvalue weighted by Gasteiger charge is 2.54.